The van der Waals surface area contributed by atoms with Gasteiger partial charge in [0.15, 0.2) is 0 Å². The van der Waals surface area contributed by atoms with Gasteiger partial charge in [0.05, 0.1) is 0 Å². The summed E-state index contributed by atoms with van der Waals surface area (Å²) in [6, 6.07) is 6.72. The summed E-state index contributed by atoms with van der Waals surface area (Å²) in [4.78, 5) is 46.8. The molecule has 0 heterocycles. The van der Waals surface area contributed by atoms with Gasteiger partial charge in [-0.3, -0.25) is 4.79 Å². The van der Waals surface area contributed by atoms with Crippen LogP contribution in [0.5, 0.6) is 0 Å². The molecule has 1 rings (SSSR count). The number of hydrogen-bond donors (Lipinski definition) is 2. The number of carboxylic acids is 1. The van der Waals surface area contributed by atoms with Gasteiger partial charge in [-0.1, -0.05) is 30.3 Å². The Morgan fingerprint density at radius 1 is 1.07 bits per heavy atom. The Hall–Kier alpha value is -3.10. The highest BCUT2D eigenvalue weighted by Crippen LogP contribution is 2.15. The van der Waals surface area contributed by atoms with E-state index in [2.05, 4.69) is 0 Å². The zero-order valence-corrected chi connectivity index (χ0v) is 15.4. The predicted octanol–water partition coefficient (Wildman–Crippen LogP) is 2.88. The molecule has 0 radical (unpaired) electrons. The molecule has 0 aliphatic rings. The predicted molar refractivity (Wildman–Crippen MR) is 93.0 cm³/mol. The summed E-state index contributed by atoms with van der Waals surface area (Å²) < 4.78 is 9.96. The normalized spacial score (nSPS) is 12.0. The van der Waals surface area contributed by atoms with Crippen molar-refractivity contribution in [1.82, 2.24) is 4.90 Å². The first-order chi connectivity index (χ1) is 12.5. The van der Waals surface area contributed by atoms with E-state index in [1.165, 1.54) is 0 Å². The molecule has 2 amide bonds. The maximum atomic E-state index is 12.1. The van der Waals surface area contributed by atoms with Gasteiger partial charge in [-0.25, -0.2) is 14.4 Å². The van der Waals surface area contributed by atoms with Crippen molar-refractivity contribution >= 4 is 24.1 Å². The summed E-state index contributed by atoms with van der Waals surface area (Å²) in [6.45, 7) is 4.71. The highest BCUT2D eigenvalue weighted by Gasteiger charge is 2.36. The monoisotopic (exact) mass is 381 g/mol. The molecule has 1 aromatic carbocycles. The third-order valence-electron chi connectivity index (χ3n) is 3.25. The Balaban J connectivity index is 2.79. The van der Waals surface area contributed by atoms with Gasteiger partial charge in [-0.05, 0) is 32.8 Å². The zero-order chi connectivity index (χ0) is 20.6. The fourth-order valence-corrected chi connectivity index (χ4v) is 2.14. The molecule has 27 heavy (non-hydrogen) atoms. The van der Waals surface area contributed by atoms with Gasteiger partial charge < -0.3 is 19.7 Å². The minimum atomic E-state index is -1.79. The minimum Gasteiger partial charge on any atom is -0.480 e. The fourth-order valence-electron chi connectivity index (χ4n) is 2.14. The molecule has 0 aromatic heterocycles. The van der Waals surface area contributed by atoms with Gasteiger partial charge in [0.25, 0.3) is 0 Å². The molecule has 2 N–H and O–H groups in total. The van der Waals surface area contributed by atoms with E-state index >= 15 is 0 Å². The second-order valence-corrected chi connectivity index (χ2v) is 6.67. The van der Waals surface area contributed by atoms with Gasteiger partial charge >= 0.3 is 24.1 Å². The summed E-state index contributed by atoms with van der Waals surface area (Å²) in [5, 5.41) is 18.6. The number of benzene rings is 1. The van der Waals surface area contributed by atoms with E-state index in [0.29, 0.717) is 5.56 Å². The molecule has 0 unspecified atom stereocenters. The summed E-state index contributed by atoms with van der Waals surface area (Å²) >= 11 is 0. The van der Waals surface area contributed by atoms with E-state index in [9.17, 15) is 29.4 Å². The maximum absolute atomic E-state index is 12.1. The number of esters is 1. The summed E-state index contributed by atoms with van der Waals surface area (Å²) in [6.07, 6.45) is -3.92. The van der Waals surface area contributed by atoms with E-state index in [1.807, 2.05) is 0 Å². The number of aliphatic carboxylic acids is 1. The highest BCUT2D eigenvalue weighted by atomic mass is 16.6. The molecule has 9 heteroatoms. The minimum absolute atomic E-state index is 0.0651. The Bertz CT molecular complexity index is 680. The van der Waals surface area contributed by atoms with Crippen LogP contribution in [0, 0.1) is 0 Å². The zero-order valence-electron chi connectivity index (χ0n) is 15.4. The summed E-state index contributed by atoms with van der Waals surface area (Å²) in [5.74, 6) is -2.27. The van der Waals surface area contributed by atoms with Crippen LogP contribution in [0.4, 0.5) is 9.59 Å². The lowest BCUT2D eigenvalue weighted by atomic mass is 10.1. The number of hydrogen-bond acceptors (Lipinski definition) is 6. The average Bonchev–Trinajstić information content (AvgIpc) is 2.55. The maximum Gasteiger partial charge on any atom is 0.420 e. The van der Waals surface area contributed by atoms with Gasteiger partial charge in [0.1, 0.15) is 18.2 Å². The van der Waals surface area contributed by atoms with Crippen LogP contribution in [0.2, 0.25) is 0 Å². The Labute approximate surface area is 156 Å². The van der Waals surface area contributed by atoms with Crippen molar-refractivity contribution in [3.63, 3.8) is 0 Å². The topological polar surface area (TPSA) is 130 Å². The molecule has 0 fully saturated rings. The van der Waals surface area contributed by atoms with Crippen LogP contribution in [0.3, 0.4) is 0 Å². The molecule has 0 saturated heterocycles. The van der Waals surface area contributed by atoms with Gasteiger partial charge in [0, 0.05) is 6.42 Å². The van der Waals surface area contributed by atoms with Crippen LogP contribution in [0.25, 0.3) is 0 Å². The smallest absolute Gasteiger partial charge is 0.420 e. The molecule has 0 saturated carbocycles. The largest absolute Gasteiger partial charge is 0.480 e. The molecule has 1 atom stereocenters. The second kappa shape index (κ2) is 9.56. The third kappa shape index (κ3) is 7.76. The van der Waals surface area contributed by atoms with Crippen molar-refractivity contribution in [3.05, 3.63) is 35.9 Å². The average molecular weight is 381 g/mol. The van der Waals surface area contributed by atoms with E-state index in [0.717, 1.165) is 0 Å². The van der Waals surface area contributed by atoms with Gasteiger partial charge in [-0.2, -0.15) is 4.90 Å². The molecule has 1 aromatic rings. The van der Waals surface area contributed by atoms with Crippen LogP contribution in [-0.2, 0) is 25.7 Å². The fraction of sp³-hybridized carbons (Fsp3) is 0.444. The number of imide groups is 1. The Kier molecular flexibility index (Phi) is 7.77. The molecule has 0 bridgehead atoms. The quantitative estimate of drug-likeness (QED) is 0.689. The van der Waals surface area contributed by atoms with E-state index in [-0.39, 0.29) is 17.9 Å². The van der Waals surface area contributed by atoms with Crippen molar-refractivity contribution < 1.29 is 38.9 Å². The number of carbonyl (C=O) groups is 4. The SMILES string of the molecule is CC(C)(C)OC(=O)CC[C@@H](C(=O)O)N(C(=O)O)C(=O)OCc1ccccc1. The van der Waals surface area contributed by atoms with Gasteiger partial charge in [0.2, 0.25) is 0 Å². The lowest BCUT2D eigenvalue weighted by Gasteiger charge is -2.24. The van der Waals surface area contributed by atoms with E-state index in [4.69, 9.17) is 9.47 Å². The molecule has 0 spiro atoms. The van der Waals surface area contributed by atoms with Crippen LogP contribution < -0.4 is 0 Å². The van der Waals surface area contributed by atoms with Crippen molar-refractivity contribution in [3.8, 4) is 0 Å². The first-order valence-electron chi connectivity index (χ1n) is 8.18. The number of amides is 2. The van der Waals surface area contributed by atoms with Gasteiger partial charge in [-0.15, -0.1) is 0 Å². The number of nitrogens with zero attached hydrogens (tertiary/aromatic N) is 1. The molecule has 9 nitrogen and oxygen atoms in total. The Morgan fingerprint density at radius 3 is 2.15 bits per heavy atom. The number of rotatable bonds is 7. The number of carboxylic acid groups (broad SMARTS) is 2. The molecular formula is C18H23NO8. The first kappa shape index (κ1) is 21.9. The number of carbonyl (C=O) groups excluding carboxylic acids is 2. The summed E-state index contributed by atoms with van der Waals surface area (Å²) in [7, 11) is 0. The number of ether oxygens (including phenoxy) is 2. The second-order valence-electron chi connectivity index (χ2n) is 6.67. The highest BCUT2D eigenvalue weighted by molar-refractivity contribution is 5.92. The molecular weight excluding hydrogens is 358 g/mol. The van der Waals surface area contributed by atoms with Crippen molar-refractivity contribution in [2.75, 3.05) is 0 Å². The standard InChI is InChI=1S/C18H23NO8/c1-18(2,3)27-14(20)10-9-13(15(21)22)19(16(23)24)17(25)26-11-12-7-5-4-6-8-12/h4-8,13H,9-11H2,1-3H3,(H,21,22)(H,23,24)/t13-/m0/s1. The van der Waals surface area contributed by atoms with E-state index in [1.54, 1.807) is 51.1 Å². The van der Waals surface area contributed by atoms with Crippen LogP contribution in [0.15, 0.2) is 30.3 Å². The third-order valence-corrected chi connectivity index (χ3v) is 3.25. The molecule has 148 valence electrons. The van der Waals surface area contributed by atoms with Crippen LogP contribution in [-0.4, -0.2) is 50.9 Å². The summed E-state index contributed by atoms with van der Waals surface area (Å²) in [5.41, 5.74) is -0.159. The Morgan fingerprint density at radius 2 is 1.67 bits per heavy atom. The first-order valence-corrected chi connectivity index (χ1v) is 8.18. The molecule has 0 aliphatic heterocycles. The van der Waals surface area contributed by atoms with Crippen LogP contribution >= 0.6 is 0 Å². The van der Waals surface area contributed by atoms with E-state index < -0.39 is 42.2 Å². The van der Waals surface area contributed by atoms with Crippen LogP contribution in [0.1, 0.15) is 39.2 Å². The lowest BCUT2D eigenvalue weighted by Crippen LogP contribution is -2.48. The van der Waals surface area contributed by atoms with Crippen molar-refractivity contribution in [2.45, 2.75) is 51.9 Å². The van der Waals surface area contributed by atoms with Crippen molar-refractivity contribution in [1.29, 1.82) is 0 Å². The van der Waals surface area contributed by atoms with Crippen molar-refractivity contribution in [2.24, 2.45) is 0 Å². The lowest BCUT2D eigenvalue weighted by molar-refractivity contribution is -0.155. The molecule has 0 aliphatic carbocycles.